The molecule has 8 atom stereocenters. The second-order valence-corrected chi connectivity index (χ2v) is 13.3. The molecule has 8 unspecified atom stereocenters. The second-order valence-electron chi connectivity index (χ2n) is 13.3. The summed E-state index contributed by atoms with van der Waals surface area (Å²) in [5.74, 6) is 4.80. The van der Waals surface area contributed by atoms with Crippen LogP contribution >= 0.6 is 0 Å². The molecule has 0 aromatic carbocycles. The molecule has 0 saturated heterocycles. The fourth-order valence-corrected chi connectivity index (χ4v) is 8.20. The molecule has 0 aromatic rings. The quantitative estimate of drug-likeness (QED) is 0.268. The second kappa shape index (κ2) is 12.7. The predicted molar refractivity (Wildman–Crippen MR) is 156 cm³/mol. The highest BCUT2D eigenvalue weighted by molar-refractivity contribution is 5.71. The van der Waals surface area contributed by atoms with Crippen LogP contribution in [0.3, 0.4) is 0 Å². The minimum Gasteiger partial charge on any atom is -0.462 e. The van der Waals surface area contributed by atoms with Crippen LogP contribution in [0.1, 0.15) is 128 Å². The molecule has 0 aromatic heterocycles. The molecule has 0 amide bonds. The third-order valence-electron chi connectivity index (χ3n) is 10.9. The van der Waals surface area contributed by atoms with Crippen LogP contribution in [-0.2, 0) is 9.53 Å². The highest BCUT2D eigenvalue weighted by atomic mass is 16.5. The fraction of sp³-hybridized carbons (Fsp3) is 0.853. The van der Waals surface area contributed by atoms with Crippen LogP contribution in [0.15, 0.2) is 23.8 Å². The van der Waals surface area contributed by atoms with Gasteiger partial charge in [-0.05, 0) is 97.7 Å². The third-order valence-corrected chi connectivity index (χ3v) is 10.9. The number of hydrogen-bond acceptors (Lipinski definition) is 2. The zero-order chi connectivity index (χ0) is 26.0. The van der Waals surface area contributed by atoms with E-state index < -0.39 is 0 Å². The number of esters is 1. The molecule has 0 spiro atoms. The molecular weight excluding hydrogens is 440 g/mol. The minimum atomic E-state index is -0.0298. The molecule has 36 heavy (non-hydrogen) atoms. The largest absolute Gasteiger partial charge is 0.462 e. The van der Waals surface area contributed by atoms with Crippen molar-refractivity contribution in [2.45, 2.75) is 134 Å². The van der Waals surface area contributed by atoms with Gasteiger partial charge < -0.3 is 4.74 Å². The molecule has 0 bridgehead atoms. The first-order chi connectivity index (χ1) is 16.6. The third kappa shape index (κ3) is 5.99. The van der Waals surface area contributed by atoms with E-state index in [-0.39, 0.29) is 25.4 Å². The first-order valence-corrected chi connectivity index (χ1v) is 15.1. The molecule has 4 aliphatic carbocycles. The van der Waals surface area contributed by atoms with Gasteiger partial charge in [0.05, 0.1) is 5.92 Å². The average molecular weight is 501 g/mol. The topological polar surface area (TPSA) is 26.3 Å². The van der Waals surface area contributed by atoms with Gasteiger partial charge in [0.25, 0.3) is 0 Å². The van der Waals surface area contributed by atoms with Gasteiger partial charge >= 0.3 is 5.97 Å². The summed E-state index contributed by atoms with van der Waals surface area (Å²) in [6.07, 6.45) is 19.1. The van der Waals surface area contributed by atoms with Crippen molar-refractivity contribution >= 4 is 5.97 Å². The maximum atomic E-state index is 12.2. The van der Waals surface area contributed by atoms with E-state index in [1.165, 1.54) is 44.9 Å². The van der Waals surface area contributed by atoms with E-state index in [0.29, 0.717) is 16.7 Å². The van der Waals surface area contributed by atoms with E-state index in [2.05, 4.69) is 52.8 Å². The molecule has 3 saturated carbocycles. The Labute approximate surface area is 225 Å². The lowest BCUT2D eigenvalue weighted by atomic mass is 9.47. The molecule has 208 valence electrons. The van der Waals surface area contributed by atoms with Crippen LogP contribution in [0, 0.1) is 52.3 Å². The fourth-order valence-electron chi connectivity index (χ4n) is 8.20. The van der Waals surface area contributed by atoms with Gasteiger partial charge in [-0.1, -0.05) is 93.5 Å². The monoisotopic (exact) mass is 500 g/mol. The number of hydrogen-bond donors (Lipinski definition) is 0. The standard InChI is InChI=1S/C31H50O2.C2H6.CH4/c1-20(2)22(5)9-8-10-23-12-14-27-26-13-11-24-19-25(33-29(32)21(3)4)15-17-31(24,7)28(26)16-18-30(23,27)6;1-2;/h8-9,11,20-23,25-28H,10,12-19H2,1-7H3;1-2H3;1H4/b9-8+;;. The lowest BCUT2D eigenvalue weighted by Gasteiger charge is -2.58. The van der Waals surface area contributed by atoms with Gasteiger partial charge in [-0.25, -0.2) is 0 Å². The Morgan fingerprint density at radius 2 is 1.72 bits per heavy atom. The van der Waals surface area contributed by atoms with E-state index in [9.17, 15) is 4.79 Å². The molecule has 0 heterocycles. The summed E-state index contributed by atoms with van der Waals surface area (Å²) in [5.41, 5.74) is 2.47. The van der Waals surface area contributed by atoms with Crippen molar-refractivity contribution in [3.8, 4) is 0 Å². The molecule has 2 nitrogen and oxygen atoms in total. The molecule has 4 rings (SSSR count). The van der Waals surface area contributed by atoms with Gasteiger partial charge in [-0.15, -0.1) is 0 Å². The summed E-state index contributed by atoms with van der Waals surface area (Å²) in [6, 6.07) is 0. The Bertz CT molecular complexity index is 776. The summed E-state index contributed by atoms with van der Waals surface area (Å²) in [7, 11) is 0. The van der Waals surface area contributed by atoms with E-state index in [0.717, 1.165) is 42.4 Å². The van der Waals surface area contributed by atoms with Gasteiger partial charge in [-0.3, -0.25) is 4.79 Å². The van der Waals surface area contributed by atoms with Gasteiger partial charge in [0.2, 0.25) is 0 Å². The zero-order valence-electron chi connectivity index (χ0n) is 24.5. The van der Waals surface area contributed by atoms with E-state index in [1.807, 2.05) is 27.7 Å². The van der Waals surface area contributed by atoms with Crippen molar-refractivity contribution in [2.24, 2.45) is 52.3 Å². The zero-order valence-corrected chi connectivity index (χ0v) is 24.5. The van der Waals surface area contributed by atoms with Gasteiger partial charge in [-0.2, -0.15) is 0 Å². The number of allylic oxidation sites excluding steroid dienone is 3. The summed E-state index contributed by atoms with van der Waals surface area (Å²) < 4.78 is 5.86. The Hall–Kier alpha value is -1.05. The highest BCUT2D eigenvalue weighted by Gasteiger charge is 2.58. The predicted octanol–water partition coefficient (Wildman–Crippen LogP) is 10.0. The Morgan fingerprint density at radius 1 is 1.03 bits per heavy atom. The van der Waals surface area contributed by atoms with Crippen molar-refractivity contribution in [3.63, 3.8) is 0 Å². The van der Waals surface area contributed by atoms with Gasteiger partial charge in [0, 0.05) is 6.42 Å². The summed E-state index contributed by atoms with van der Waals surface area (Å²) in [5, 5.41) is 0. The highest BCUT2D eigenvalue weighted by Crippen LogP contribution is 2.66. The van der Waals surface area contributed by atoms with Crippen LogP contribution in [0.2, 0.25) is 0 Å². The smallest absolute Gasteiger partial charge is 0.308 e. The van der Waals surface area contributed by atoms with E-state index in [1.54, 1.807) is 5.57 Å². The maximum Gasteiger partial charge on any atom is 0.308 e. The van der Waals surface area contributed by atoms with Crippen molar-refractivity contribution in [3.05, 3.63) is 23.8 Å². The average Bonchev–Trinajstić information content (AvgIpc) is 3.16. The van der Waals surface area contributed by atoms with Crippen molar-refractivity contribution < 1.29 is 9.53 Å². The molecule has 2 heteroatoms. The van der Waals surface area contributed by atoms with Crippen molar-refractivity contribution in [1.29, 1.82) is 0 Å². The van der Waals surface area contributed by atoms with Crippen LogP contribution in [0.5, 0.6) is 0 Å². The molecule has 3 fully saturated rings. The van der Waals surface area contributed by atoms with Crippen LogP contribution in [-0.4, -0.2) is 12.1 Å². The van der Waals surface area contributed by atoms with Gasteiger partial charge in [0.1, 0.15) is 6.10 Å². The number of rotatable bonds is 6. The minimum absolute atomic E-state index is 0. The first kappa shape index (κ1) is 31.2. The molecule has 4 aliphatic rings. The van der Waals surface area contributed by atoms with Gasteiger partial charge in [0.15, 0.2) is 0 Å². The Balaban J connectivity index is 0.00000148. The molecule has 0 radical (unpaired) electrons. The molecule has 0 N–H and O–H groups in total. The number of fused-ring (bicyclic) bond motifs is 5. The maximum absolute atomic E-state index is 12.2. The number of carbonyl (C=O) groups is 1. The first-order valence-electron chi connectivity index (χ1n) is 15.1. The lowest BCUT2D eigenvalue weighted by Crippen LogP contribution is -2.50. The normalized spacial score (nSPS) is 38.2. The van der Waals surface area contributed by atoms with Crippen molar-refractivity contribution in [2.75, 3.05) is 0 Å². The molecule has 0 aliphatic heterocycles. The van der Waals surface area contributed by atoms with Crippen molar-refractivity contribution in [1.82, 2.24) is 0 Å². The number of carbonyl (C=O) groups excluding carboxylic acids is 1. The number of ether oxygens (including phenoxy) is 1. The van der Waals surface area contributed by atoms with E-state index >= 15 is 0 Å². The SMILES string of the molecule is C.CC.CC(C)C(=O)OC1CCC2(C)C(=CCC3C2CCC2(C)C(C/C=C/C(C)C(C)C)CCC32)C1. The van der Waals surface area contributed by atoms with E-state index in [4.69, 9.17) is 4.74 Å². The lowest BCUT2D eigenvalue weighted by molar-refractivity contribution is -0.155. The summed E-state index contributed by atoms with van der Waals surface area (Å²) in [6.45, 7) is 20.1. The Morgan fingerprint density at radius 3 is 2.36 bits per heavy atom. The van der Waals surface area contributed by atoms with Crippen LogP contribution in [0.25, 0.3) is 0 Å². The van der Waals surface area contributed by atoms with Crippen LogP contribution < -0.4 is 0 Å². The molecular formula is C34H60O2. The summed E-state index contributed by atoms with van der Waals surface area (Å²) in [4.78, 5) is 12.2. The summed E-state index contributed by atoms with van der Waals surface area (Å²) >= 11 is 0. The van der Waals surface area contributed by atoms with Crippen LogP contribution in [0.4, 0.5) is 0 Å². The Kier molecular flexibility index (Phi) is 11.0.